The zero-order chi connectivity index (χ0) is 49.3. The fourth-order valence-corrected chi connectivity index (χ4v) is 13.0. The highest BCUT2D eigenvalue weighted by molar-refractivity contribution is 6.06. The van der Waals surface area contributed by atoms with Crippen molar-refractivity contribution in [3.05, 3.63) is 77.0 Å². The number of terminal acetylenes is 1. The van der Waals surface area contributed by atoms with Gasteiger partial charge in [-0.25, -0.2) is 8.78 Å². The van der Waals surface area contributed by atoms with Crippen molar-refractivity contribution in [1.82, 2.24) is 40.3 Å². The first-order chi connectivity index (χ1) is 35.0. The first-order valence-electron chi connectivity index (χ1n) is 25.9. The number of amides is 3. The largest absolute Gasteiger partial charge is 0.508 e. The van der Waals surface area contributed by atoms with Gasteiger partial charge in [-0.15, -0.1) is 6.42 Å². The number of halogens is 2. The highest BCUT2D eigenvalue weighted by Crippen LogP contribution is 2.43. The lowest BCUT2D eigenvalue weighted by molar-refractivity contribution is -0.136. The van der Waals surface area contributed by atoms with E-state index in [1.54, 1.807) is 11.1 Å². The highest BCUT2D eigenvalue weighted by Gasteiger charge is 2.41. The number of likely N-dealkylation sites (tertiary alicyclic amines) is 2. The molecular weight excluding hydrogens is 919 g/mol. The van der Waals surface area contributed by atoms with Crippen molar-refractivity contribution in [1.29, 1.82) is 0 Å². The van der Waals surface area contributed by atoms with Gasteiger partial charge in [-0.05, 0) is 143 Å². The van der Waals surface area contributed by atoms with Gasteiger partial charge in [-0.3, -0.25) is 29.6 Å². The highest BCUT2D eigenvalue weighted by atomic mass is 19.1. The molecule has 3 amide bonds. The molecule has 6 saturated heterocycles. The van der Waals surface area contributed by atoms with E-state index in [0.29, 0.717) is 84.8 Å². The number of phenols is 1. The molecule has 0 aliphatic carbocycles. The van der Waals surface area contributed by atoms with E-state index in [0.717, 1.165) is 95.6 Å². The number of fused-ring (bicyclic) bond motifs is 5. The van der Waals surface area contributed by atoms with Crippen LogP contribution in [0.4, 0.5) is 20.3 Å². The number of aromatic hydroxyl groups is 1. The second kappa shape index (κ2) is 18.8. The van der Waals surface area contributed by atoms with Crippen LogP contribution in [0.15, 0.2) is 48.7 Å². The van der Waals surface area contributed by atoms with Crippen molar-refractivity contribution in [3.63, 3.8) is 0 Å². The Bertz CT molecular complexity index is 3020. The maximum Gasteiger partial charge on any atom is 0.319 e. The van der Waals surface area contributed by atoms with E-state index in [9.17, 15) is 19.5 Å². The van der Waals surface area contributed by atoms with Gasteiger partial charge in [0.1, 0.15) is 41.2 Å². The molecule has 9 heterocycles. The topological polar surface area (TPSA) is 160 Å². The maximum absolute atomic E-state index is 17.1. The average Bonchev–Trinajstić information content (AvgIpc) is 3.90. The quantitative estimate of drug-likeness (QED) is 0.111. The lowest BCUT2D eigenvalue weighted by Gasteiger charge is -2.47. The van der Waals surface area contributed by atoms with Crippen molar-refractivity contribution in [3.8, 4) is 35.4 Å². The number of carbonyl (C=O) groups is 3. The standard InChI is InChI=1S/C55H60F2N10O5/c1-2-40-44(56)8-3-34-26-39(68)27-42(47(34)40)49-48(57)50-43(28-58-49)51(66-31-36-4-5-37(32-66)59-36)62-54(61-50)72-24-23-63-19-13-55(14-20-63)15-21-64(22-16-55)29-33-11-17-65(18-12-33)38-6-7-41-35(25-38)30-67(53(41)71)45-9-10-46(69)60-52(45)70/h1,3,6-8,25-28,33,36-37,45,59,68H,4-5,9-24,29-32H2,(H,60,69,70). The maximum atomic E-state index is 17.1. The second-order valence-corrected chi connectivity index (χ2v) is 21.4. The first-order valence-corrected chi connectivity index (χ1v) is 25.9. The van der Waals surface area contributed by atoms with Crippen LogP contribution >= 0.6 is 0 Å². The van der Waals surface area contributed by atoms with Crippen LogP contribution in [0.5, 0.6) is 11.8 Å². The number of piperidine rings is 4. The molecule has 12 rings (SSSR count). The Labute approximate surface area is 417 Å². The fraction of sp³-hybridized carbons (Fsp3) is 0.491. The van der Waals surface area contributed by atoms with E-state index in [4.69, 9.17) is 16.1 Å². The van der Waals surface area contributed by atoms with E-state index in [-0.39, 0.29) is 63.6 Å². The normalized spacial score (nSPS) is 23.8. The van der Waals surface area contributed by atoms with Crippen LogP contribution in [0.2, 0.25) is 0 Å². The van der Waals surface area contributed by atoms with E-state index in [2.05, 4.69) is 52.2 Å². The molecular formula is C55H60F2N10O5. The number of pyridine rings is 1. The number of rotatable bonds is 10. The Morgan fingerprint density at radius 3 is 2.33 bits per heavy atom. The third kappa shape index (κ3) is 8.74. The molecule has 3 atom stereocenters. The third-order valence-corrected chi connectivity index (χ3v) is 17.1. The summed E-state index contributed by atoms with van der Waals surface area (Å²) >= 11 is 0. The lowest BCUT2D eigenvalue weighted by Crippen LogP contribution is -2.52. The van der Waals surface area contributed by atoms with Gasteiger partial charge in [0.25, 0.3) is 5.91 Å². The summed E-state index contributed by atoms with van der Waals surface area (Å²) in [6.45, 7) is 10.1. The number of carbonyl (C=O) groups excluding carboxylic acids is 3. The predicted octanol–water partition coefficient (Wildman–Crippen LogP) is 5.99. The van der Waals surface area contributed by atoms with Gasteiger partial charge in [0.05, 0.1) is 10.9 Å². The van der Waals surface area contributed by atoms with Crippen LogP contribution in [-0.4, -0.2) is 143 Å². The monoisotopic (exact) mass is 978 g/mol. The van der Waals surface area contributed by atoms with E-state index in [1.807, 2.05) is 12.1 Å². The number of imide groups is 1. The number of benzene rings is 3. The second-order valence-electron chi connectivity index (χ2n) is 21.4. The molecule has 7 aliphatic heterocycles. The Kier molecular flexibility index (Phi) is 12.2. The molecule has 0 saturated carbocycles. The Hall–Kier alpha value is -6.48. The van der Waals surface area contributed by atoms with Crippen LogP contribution in [0.1, 0.15) is 85.7 Å². The van der Waals surface area contributed by atoms with Crippen molar-refractivity contribution in [2.75, 3.05) is 81.9 Å². The minimum Gasteiger partial charge on any atom is -0.508 e. The molecule has 2 bridgehead atoms. The first kappa shape index (κ1) is 46.6. The van der Waals surface area contributed by atoms with Gasteiger partial charge in [-0.2, -0.15) is 9.97 Å². The molecule has 17 heteroatoms. The minimum absolute atomic E-state index is 0.0370. The summed E-state index contributed by atoms with van der Waals surface area (Å²) in [5, 5.41) is 17.9. The summed E-state index contributed by atoms with van der Waals surface area (Å²) in [5.74, 6) is 1.34. The number of hydrogen-bond donors (Lipinski definition) is 3. The molecule has 3 unspecified atom stereocenters. The Morgan fingerprint density at radius 2 is 1.60 bits per heavy atom. The molecule has 15 nitrogen and oxygen atoms in total. The molecule has 2 aromatic heterocycles. The van der Waals surface area contributed by atoms with Crippen molar-refractivity contribution >= 4 is 50.9 Å². The number of piperazine rings is 1. The number of phenolic OH excluding ortho intramolecular Hbond substituents is 1. The van der Waals surface area contributed by atoms with Crippen LogP contribution < -0.4 is 25.2 Å². The van der Waals surface area contributed by atoms with E-state index >= 15 is 8.78 Å². The number of anilines is 2. The number of aromatic nitrogens is 3. The van der Waals surface area contributed by atoms with Gasteiger partial charge in [0.2, 0.25) is 11.8 Å². The summed E-state index contributed by atoms with van der Waals surface area (Å²) in [6, 6.07) is 11.7. The molecule has 3 aromatic carbocycles. The zero-order valence-corrected chi connectivity index (χ0v) is 40.5. The summed E-state index contributed by atoms with van der Waals surface area (Å²) in [7, 11) is 0. The van der Waals surface area contributed by atoms with Crippen molar-refractivity contribution in [2.24, 2.45) is 11.3 Å². The number of nitrogens with zero attached hydrogens (tertiary/aromatic N) is 8. The SMILES string of the molecule is C#Cc1c(F)ccc2cc(O)cc(-c3ncc4c(N5CC6CCC(C5)N6)nc(OCCN5CCC6(CC5)CCN(CC5CCN(c7ccc8c(c7)CN(C7CCC(=O)NC7=O)C8=O)CC5)CC6)nc4c3F)c12. The van der Waals surface area contributed by atoms with Crippen molar-refractivity contribution < 1.29 is 33.0 Å². The summed E-state index contributed by atoms with van der Waals surface area (Å²) in [6.07, 6.45) is 17.0. The Balaban J connectivity index is 0.649. The van der Waals surface area contributed by atoms with Gasteiger partial charge in [-0.1, -0.05) is 12.0 Å². The smallest absolute Gasteiger partial charge is 0.319 e. The molecule has 7 aliphatic rings. The van der Waals surface area contributed by atoms with Crippen molar-refractivity contribution in [2.45, 2.75) is 88.9 Å². The van der Waals surface area contributed by atoms with Gasteiger partial charge in [0.15, 0.2) is 5.82 Å². The third-order valence-electron chi connectivity index (χ3n) is 17.1. The minimum atomic E-state index is -0.730. The Morgan fingerprint density at radius 1 is 0.847 bits per heavy atom. The number of ether oxygens (including phenoxy) is 1. The van der Waals surface area contributed by atoms with Gasteiger partial charge < -0.3 is 34.8 Å². The number of hydrogen-bond acceptors (Lipinski definition) is 13. The predicted molar refractivity (Wildman–Crippen MR) is 269 cm³/mol. The van der Waals surface area contributed by atoms with Crippen LogP contribution in [0, 0.1) is 35.3 Å². The molecule has 5 aromatic rings. The summed E-state index contributed by atoms with van der Waals surface area (Å²) in [5.41, 5.74) is 3.14. The molecule has 1 spiro atoms. The molecule has 374 valence electrons. The average molecular weight is 979 g/mol. The molecule has 72 heavy (non-hydrogen) atoms. The van der Waals surface area contributed by atoms with E-state index < -0.39 is 17.7 Å². The number of nitrogens with one attached hydrogen (secondary N) is 2. The zero-order valence-electron chi connectivity index (χ0n) is 40.5. The van der Waals surface area contributed by atoms with E-state index in [1.165, 1.54) is 37.1 Å². The lowest BCUT2D eigenvalue weighted by atomic mass is 9.71. The fourth-order valence-electron chi connectivity index (χ4n) is 13.0. The molecule has 3 N–H and O–H groups in total. The summed E-state index contributed by atoms with van der Waals surface area (Å²) in [4.78, 5) is 62.9. The van der Waals surface area contributed by atoms with Gasteiger partial charge >= 0.3 is 6.01 Å². The van der Waals surface area contributed by atoms with Crippen LogP contribution in [-0.2, 0) is 16.1 Å². The summed E-state index contributed by atoms with van der Waals surface area (Å²) < 4.78 is 38.4. The molecule has 6 fully saturated rings. The van der Waals surface area contributed by atoms with Gasteiger partial charge in [0, 0.05) is 92.7 Å². The molecule has 0 radical (unpaired) electrons. The van der Waals surface area contributed by atoms with Crippen LogP contribution in [0.3, 0.4) is 0 Å². The van der Waals surface area contributed by atoms with Crippen LogP contribution in [0.25, 0.3) is 32.9 Å².